The maximum Gasteiger partial charge on any atom is 0.119 e. The zero-order valence-electron chi connectivity index (χ0n) is 12.1. The fourth-order valence-electron chi connectivity index (χ4n) is 2.77. The summed E-state index contributed by atoms with van der Waals surface area (Å²) < 4.78 is 5.48. The van der Waals surface area contributed by atoms with Gasteiger partial charge in [0, 0.05) is 24.8 Å². The minimum Gasteiger partial charge on any atom is -0.494 e. The van der Waals surface area contributed by atoms with Gasteiger partial charge in [0.05, 0.1) is 6.61 Å². The van der Waals surface area contributed by atoms with Crippen molar-refractivity contribution in [3.8, 4) is 5.75 Å². The lowest BCUT2D eigenvalue weighted by Crippen LogP contribution is -2.25. The Bertz CT molecular complexity index is 377. The molecular formula is C16H26N2O. The molecule has 19 heavy (non-hydrogen) atoms. The van der Waals surface area contributed by atoms with Crippen LogP contribution in [0.2, 0.25) is 0 Å². The van der Waals surface area contributed by atoms with E-state index in [2.05, 4.69) is 36.1 Å². The number of nitrogens with two attached hydrogens (primary N) is 1. The van der Waals surface area contributed by atoms with E-state index in [-0.39, 0.29) is 0 Å². The largest absolute Gasteiger partial charge is 0.494 e. The van der Waals surface area contributed by atoms with Crippen molar-refractivity contribution in [2.24, 2.45) is 11.7 Å². The van der Waals surface area contributed by atoms with E-state index in [9.17, 15) is 0 Å². The number of ether oxygens (including phenoxy) is 1. The summed E-state index contributed by atoms with van der Waals surface area (Å²) in [5, 5.41) is 0. The van der Waals surface area contributed by atoms with Crippen LogP contribution in [-0.4, -0.2) is 25.7 Å². The summed E-state index contributed by atoms with van der Waals surface area (Å²) in [5.41, 5.74) is 7.36. The predicted molar refractivity (Wildman–Crippen MR) is 80.8 cm³/mol. The van der Waals surface area contributed by atoms with Crippen LogP contribution in [0.3, 0.4) is 0 Å². The molecule has 2 rings (SSSR count). The second kappa shape index (κ2) is 6.80. The summed E-state index contributed by atoms with van der Waals surface area (Å²) >= 11 is 0. The first-order valence-electron chi connectivity index (χ1n) is 7.46. The first-order valence-corrected chi connectivity index (χ1v) is 7.46. The number of anilines is 1. The molecule has 1 saturated heterocycles. The number of hydrogen-bond donors (Lipinski definition) is 1. The van der Waals surface area contributed by atoms with Crippen molar-refractivity contribution < 1.29 is 4.74 Å². The summed E-state index contributed by atoms with van der Waals surface area (Å²) in [6.45, 7) is 7.19. The molecule has 2 N–H and O–H groups in total. The highest BCUT2D eigenvalue weighted by Crippen LogP contribution is 2.28. The Morgan fingerprint density at radius 3 is 2.68 bits per heavy atom. The molecule has 3 heteroatoms. The molecule has 0 bridgehead atoms. The van der Waals surface area contributed by atoms with E-state index in [4.69, 9.17) is 10.5 Å². The Balaban J connectivity index is 1.89. The third-order valence-electron chi connectivity index (χ3n) is 3.96. The molecule has 2 unspecified atom stereocenters. The Labute approximate surface area is 116 Å². The average molecular weight is 262 g/mol. The van der Waals surface area contributed by atoms with Crippen molar-refractivity contribution in [2.45, 2.75) is 39.2 Å². The van der Waals surface area contributed by atoms with Crippen LogP contribution < -0.4 is 15.4 Å². The van der Waals surface area contributed by atoms with Gasteiger partial charge in [0.15, 0.2) is 0 Å². The molecule has 1 aromatic carbocycles. The number of benzene rings is 1. The molecule has 1 aliphatic heterocycles. The third-order valence-corrected chi connectivity index (χ3v) is 3.96. The normalized spacial score (nSPS) is 20.6. The van der Waals surface area contributed by atoms with Crippen molar-refractivity contribution in [3.05, 3.63) is 24.3 Å². The van der Waals surface area contributed by atoms with Crippen molar-refractivity contribution >= 4 is 5.69 Å². The van der Waals surface area contributed by atoms with Crippen molar-refractivity contribution in [1.82, 2.24) is 0 Å². The molecule has 1 aromatic rings. The third kappa shape index (κ3) is 3.87. The first-order chi connectivity index (χ1) is 9.22. The Morgan fingerprint density at radius 2 is 2.05 bits per heavy atom. The highest BCUT2D eigenvalue weighted by atomic mass is 16.5. The van der Waals surface area contributed by atoms with Gasteiger partial charge in [0.25, 0.3) is 0 Å². The van der Waals surface area contributed by atoms with Gasteiger partial charge in [0.2, 0.25) is 0 Å². The molecule has 3 nitrogen and oxygen atoms in total. The van der Waals surface area contributed by atoms with Gasteiger partial charge in [-0.1, -0.05) is 6.92 Å². The molecule has 0 spiro atoms. The summed E-state index contributed by atoms with van der Waals surface area (Å²) in [6.07, 6.45) is 3.50. The van der Waals surface area contributed by atoms with E-state index >= 15 is 0 Å². The molecule has 1 aliphatic rings. The maximum absolute atomic E-state index is 6.06. The number of nitrogens with zero attached hydrogens (tertiary/aromatic N) is 1. The number of rotatable bonds is 6. The minimum absolute atomic E-state index is 0.366. The van der Waals surface area contributed by atoms with Gasteiger partial charge >= 0.3 is 0 Å². The van der Waals surface area contributed by atoms with Crippen molar-refractivity contribution in [3.63, 3.8) is 0 Å². The highest BCUT2D eigenvalue weighted by molar-refractivity contribution is 5.49. The molecule has 1 fully saturated rings. The van der Waals surface area contributed by atoms with Gasteiger partial charge in [-0.3, -0.25) is 0 Å². The Hall–Kier alpha value is -1.22. The second-order valence-electron chi connectivity index (χ2n) is 5.43. The Morgan fingerprint density at radius 1 is 1.32 bits per heavy atom. The second-order valence-corrected chi connectivity index (χ2v) is 5.43. The van der Waals surface area contributed by atoms with Gasteiger partial charge < -0.3 is 15.4 Å². The van der Waals surface area contributed by atoms with Crippen LogP contribution >= 0.6 is 0 Å². The molecule has 1 heterocycles. The summed E-state index contributed by atoms with van der Waals surface area (Å²) in [6, 6.07) is 8.80. The lowest BCUT2D eigenvalue weighted by Gasteiger charge is -2.20. The molecule has 2 atom stereocenters. The minimum atomic E-state index is 0.366. The van der Waals surface area contributed by atoms with Crippen molar-refractivity contribution in [2.75, 3.05) is 24.6 Å². The van der Waals surface area contributed by atoms with E-state index in [0.29, 0.717) is 6.04 Å². The molecule has 0 aliphatic carbocycles. The number of hydrogen-bond acceptors (Lipinski definition) is 3. The van der Waals surface area contributed by atoms with Crippen LogP contribution in [0.5, 0.6) is 5.75 Å². The Kier molecular flexibility index (Phi) is 5.08. The highest BCUT2D eigenvalue weighted by Gasteiger charge is 2.23. The SMILES string of the molecule is CCOc1ccc(N2CCC(CC(N)CC)C2)cc1. The topological polar surface area (TPSA) is 38.5 Å². The lowest BCUT2D eigenvalue weighted by molar-refractivity contribution is 0.340. The van der Waals surface area contributed by atoms with Gasteiger partial charge in [-0.05, 0) is 56.4 Å². The maximum atomic E-state index is 6.06. The van der Waals surface area contributed by atoms with Gasteiger partial charge in [-0.15, -0.1) is 0 Å². The molecule has 106 valence electrons. The van der Waals surface area contributed by atoms with E-state index < -0.39 is 0 Å². The van der Waals surface area contributed by atoms with Gasteiger partial charge in [-0.25, -0.2) is 0 Å². The summed E-state index contributed by atoms with van der Waals surface area (Å²) in [4.78, 5) is 2.46. The van der Waals surface area contributed by atoms with Gasteiger partial charge in [-0.2, -0.15) is 0 Å². The standard InChI is InChI=1S/C16H26N2O/c1-3-14(17)11-13-9-10-18(12-13)15-5-7-16(8-6-15)19-4-2/h5-8,13-14H,3-4,9-12,17H2,1-2H3. The van der Waals surface area contributed by atoms with Crippen LogP contribution in [-0.2, 0) is 0 Å². The monoisotopic (exact) mass is 262 g/mol. The lowest BCUT2D eigenvalue weighted by atomic mass is 9.98. The van der Waals surface area contributed by atoms with Gasteiger partial charge in [0.1, 0.15) is 5.75 Å². The average Bonchev–Trinajstić information content (AvgIpc) is 2.88. The molecular weight excluding hydrogens is 236 g/mol. The zero-order valence-corrected chi connectivity index (χ0v) is 12.1. The van der Waals surface area contributed by atoms with Crippen molar-refractivity contribution in [1.29, 1.82) is 0 Å². The van der Waals surface area contributed by atoms with E-state index in [1.54, 1.807) is 0 Å². The molecule has 0 aromatic heterocycles. The smallest absolute Gasteiger partial charge is 0.119 e. The van der Waals surface area contributed by atoms with E-state index in [1.807, 2.05) is 6.92 Å². The predicted octanol–water partition coefficient (Wildman–Crippen LogP) is 3.04. The zero-order chi connectivity index (χ0) is 13.7. The van der Waals surface area contributed by atoms with Crippen LogP contribution in [0.4, 0.5) is 5.69 Å². The molecule has 0 saturated carbocycles. The first kappa shape index (κ1) is 14.2. The van der Waals surface area contributed by atoms with Crippen LogP contribution in [0, 0.1) is 5.92 Å². The van der Waals surface area contributed by atoms with E-state index in [1.165, 1.54) is 12.1 Å². The van der Waals surface area contributed by atoms with Crippen LogP contribution in [0.15, 0.2) is 24.3 Å². The van der Waals surface area contributed by atoms with E-state index in [0.717, 1.165) is 44.2 Å². The fourth-order valence-corrected chi connectivity index (χ4v) is 2.77. The quantitative estimate of drug-likeness (QED) is 0.856. The summed E-state index contributed by atoms with van der Waals surface area (Å²) in [7, 11) is 0. The fraction of sp³-hybridized carbons (Fsp3) is 0.625. The molecule has 0 radical (unpaired) electrons. The summed E-state index contributed by atoms with van der Waals surface area (Å²) in [5.74, 6) is 1.71. The van der Waals surface area contributed by atoms with Crippen LogP contribution in [0.25, 0.3) is 0 Å². The van der Waals surface area contributed by atoms with Crippen LogP contribution in [0.1, 0.15) is 33.1 Å². The molecule has 0 amide bonds.